The summed E-state index contributed by atoms with van der Waals surface area (Å²) in [5, 5.41) is 9.24. The van der Waals surface area contributed by atoms with Crippen molar-refractivity contribution in [1.82, 2.24) is 20.2 Å². The average Bonchev–Trinajstić information content (AvgIpc) is 3.44. The lowest BCUT2D eigenvalue weighted by Crippen LogP contribution is -2.59. The second-order valence-electron chi connectivity index (χ2n) is 11.6. The van der Waals surface area contributed by atoms with Gasteiger partial charge in [-0.1, -0.05) is 0 Å². The Labute approximate surface area is 229 Å². The predicted octanol–water partition coefficient (Wildman–Crippen LogP) is 2.81. The number of aromatic nitrogens is 1. The quantitative estimate of drug-likeness (QED) is 0.616. The highest BCUT2D eigenvalue weighted by atomic mass is 16.6. The number of rotatable bonds is 2. The first kappa shape index (κ1) is 26.8. The number of hydrogen-bond acceptors (Lipinski definition) is 9. The smallest absolute Gasteiger partial charge is 0.410 e. The van der Waals surface area contributed by atoms with Gasteiger partial charge in [-0.15, -0.1) is 0 Å². The van der Waals surface area contributed by atoms with Gasteiger partial charge in [0.25, 0.3) is 0 Å². The van der Waals surface area contributed by atoms with Gasteiger partial charge in [-0.05, 0) is 53.2 Å². The summed E-state index contributed by atoms with van der Waals surface area (Å²) >= 11 is 0. The van der Waals surface area contributed by atoms with Crippen molar-refractivity contribution in [3.63, 3.8) is 0 Å². The zero-order valence-corrected chi connectivity index (χ0v) is 23.8. The van der Waals surface area contributed by atoms with Crippen LogP contribution in [0.25, 0.3) is 0 Å². The number of urea groups is 1. The molecule has 0 saturated carbocycles. The highest BCUT2D eigenvalue weighted by Gasteiger charge is 2.38. The molecule has 3 amide bonds. The van der Waals surface area contributed by atoms with Crippen molar-refractivity contribution in [2.24, 2.45) is 16.0 Å². The number of nitrogens with one attached hydrogen (secondary N) is 1. The van der Waals surface area contributed by atoms with Gasteiger partial charge < -0.3 is 14.4 Å². The molecule has 5 heterocycles. The third-order valence-electron chi connectivity index (χ3n) is 7.28. The van der Waals surface area contributed by atoms with Gasteiger partial charge in [-0.25, -0.2) is 14.6 Å². The molecule has 1 fully saturated rings. The summed E-state index contributed by atoms with van der Waals surface area (Å²) in [4.78, 5) is 41.0. The molecule has 12 nitrogen and oxygen atoms in total. The summed E-state index contributed by atoms with van der Waals surface area (Å²) in [5.74, 6) is 1.52. The van der Waals surface area contributed by atoms with Gasteiger partial charge in [0.15, 0.2) is 0 Å². The lowest BCUT2D eigenvalue weighted by molar-refractivity contribution is 0.00565. The summed E-state index contributed by atoms with van der Waals surface area (Å²) in [6.45, 7) is 12.3. The number of nitrogens with zero attached hydrogens (tertiary/aromatic N) is 7. The molecular weight excluding hydrogens is 500 g/mol. The van der Waals surface area contributed by atoms with Crippen molar-refractivity contribution in [1.29, 1.82) is 0 Å². The molecule has 12 heteroatoms. The summed E-state index contributed by atoms with van der Waals surface area (Å²) < 4.78 is 11.1. The molecule has 1 N–H and O–H groups in total. The topological polar surface area (TPSA) is 115 Å². The molecule has 1 aromatic heterocycles. The molecule has 5 rings (SSSR count). The second-order valence-corrected chi connectivity index (χ2v) is 11.6. The van der Waals surface area contributed by atoms with E-state index in [1.54, 1.807) is 18.2 Å². The molecule has 1 saturated heterocycles. The molecule has 0 radical (unpaired) electrons. The van der Waals surface area contributed by atoms with Gasteiger partial charge in [0.05, 0.1) is 19.2 Å². The first-order valence-corrected chi connectivity index (χ1v) is 13.4. The summed E-state index contributed by atoms with van der Waals surface area (Å²) in [6, 6.07) is 1.64. The van der Waals surface area contributed by atoms with Crippen molar-refractivity contribution < 1.29 is 19.1 Å². The number of hydrogen-bond donors (Lipinski definition) is 1. The fraction of sp³-hybridized carbons (Fsp3) is 0.593. The molecule has 0 aliphatic carbocycles. The van der Waals surface area contributed by atoms with Crippen LogP contribution in [0.1, 0.15) is 40.2 Å². The highest BCUT2D eigenvalue weighted by molar-refractivity contribution is 6.41. The number of aliphatic imine (C=N–C) groups is 1. The Morgan fingerprint density at radius 1 is 1.13 bits per heavy atom. The molecule has 210 valence electrons. The maximum Gasteiger partial charge on any atom is 0.410 e. The molecule has 39 heavy (non-hydrogen) atoms. The lowest BCUT2D eigenvalue weighted by atomic mass is 10.0. The van der Waals surface area contributed by atoms with E-state index in [-0.39, 0.29) is 30.1 Å². The fourth-order valence-corrected chi connectivity index (χ4v) is 5.76. The Kier molecular flexibility index (Phi) is 6.90. The molecule has 3 atom stereocenters. The molecule has 0 spiro atoms. The van der Waals surface area contributed by atoms with E-state index in [4.69, 9.17) is 9.47 Å². The Hall–Kier alpha value is -3.83. The van der Waals surface area contributed by atoms with Gasteiger partial charge in [-0.2, -0.15) is 10.1 Å². The Morgan fingerprint density at radius 2 is 1.85 bits per heavy atom. The normalized spacial score (nSPS) is 24.5. The minimum atomic E-state index is -0.545. The van der Waals surface area contributed by atoms with E-state index < -0.39 is 5.60 Å². The fourth-order valence-electron chi connectivity index (χ4n) is 5.76. The van der Waals surface area contributed by atoms with Crippen LogP contribution >= 0.6 is 0 Å². The Morgan fingerprint density at radius 3 is 2.51 bits per heavy atom. The van der Waals surface area contributed by atoms with Crippen molar-refractivity contribution in [2.45, 2.75) is 58.7 Å². The van der Waals surface area contributed by atoms with Crippen LogP contribution in [0.4, 0.5) is 21.1 Å². The number of anilines is 2. The number of amides is 3. The van der Waals surface area contributed by atoms with Crippen LogP contribution in [0, 0.1) is 5.92 Å². The number of hydrazone groups is 1. The zero-order chi connectivity index (χ0) is 28.1. The van der Waals surface area contributed by atoms with Gasteiger partial charge in [0, 0.05) is 56.6 Å². The molecule has 1 unspecified atom stereocenters. The maximum absolute atomic E-state index is 13.4. The van der Waals surface area contributed by atoms with Crippen LogP contribution < -0.4 is 15.1 Å². The Bertz CT molecular complexity index is 1240. The summed E-state index contributed by atoms with van der Waals surface area (Å²) in [6.07, 6.45) is 4.06. The van der Waals surface area contributed by atoms with Crippen LogP contribution in [-0.4, -0.2) is 96.6 Å². The number of ether oxygens (including phenoxy) is 2. The number of piperazine rings is 1. The minimum absolute atomic E-state index is 0.0108. The second kappa shape index (κ2) is 10.0. The monoisotopic (exact) mass is 538 g/mol. The maximum atomic E-state index is 13.4. The van der Waals surface area contributed by atoms with Crippen molar-refractivity contribution in [3.05, 3.63) is 29.7 Å². The van der Waals surface area contributed by atoms with E-state index in [0.717, 1.165) is 17.0 Å². The molecule has 4 aliphatic rings. The first-order valence-electron chi connectivity index (χ1n) is 13.4. The number of carbonyl (C=O) groups is 2. The minimum Gasteiger partial charge on any atom is -0.480 e. The predicted molar refractivity (Wildman–Crippen MR) is 149 cm³/mol. The zero-order valence-electron chi connectivity index (χ0n) is 23.8. The van der Waals surface area contributed by atoms with Crippen molar-refractivity contribution >= 4 is 35.2 Å². The molecule has 1 aromatic rings. The third-order valence-corrected chi connectivity index (χ3v) is 7.28. The van der Waals surface area contributed by atoms with Gasteiger partial charge in [-0.3, -0.25) is 20.1 Å². The average molecular weight is 539 g/mol. The highest BCUT2D eigenvalue weighted by Crippen LogP contribution is 2.36. The molecule has 0 aromatic carbocycles. The molecule has 0 bridgehead atoms. The van der Waals surface area contributed by atoms with Crippen LogP contribution in [0.5, 0.6) is 0 Å². The van der Waals surface area contributed by atoms with E-state index in [9.17, 15) is 9.59 Å². The van der Waals surface area contributed by atoms with E-state index >= 15 is 0 Å². The van der Waals surface area contributed by atoms with E-state index in [1.165, 1.54) is 0 Å². The molecule has 4 aliphatic heterocycles. The van der Waals surface area contributed by atoms with E-state index in [1.807, 2.05) is 63.7 Å². The van der Waals surface area contributed by atoms with Crippen molar-refractivity contribution in [3.8, 4) is 0 Å². The standard InChI is InChI=1S/C27H38N8O4/c1-16-13-33(14-17(2)35(16)26(37)39-27(3,4)5)20-8-10-28-23-19(20)9-11-34(23)25(36)30-21-12-18-15-32(6)31-22(18)24(29-21)38-7/h8,10,12,16-18H,9,11,13-15H2,1-7H3,(H,30,36)/t16-,17+,18?. The van der Waals surface area contributed by atoms with Crippen LogP contribution in [0.3, 0.4) is 0 Å². The largest absolute Gasteiger partial charge is 0.480 e. The number of carbonyl (C=O) groups excluding carboxylic acids is 2. The van der Waals surface area contributed by atoms with E-state index in [0.29, 0.717) is 50.1 Å². The molecular formula is C27H38N8O4. The van der Waals surface area contributed by atoms with Gasteiger partial charge in [0.1, 0.15) is 23.0 Å². The number of pyridine rings is 1. The van der Waals surface area contributed by atoms with Crippen LogP contribution in [0.15, 0.2) is 34.3 Å². The SMILES string of the molecule is COC1=NC(NC(=O)N2CCc3c(N4C[C@@H](C)N(C(=O)OC(C)(C)C)[C@@H](C)C4)ccnc32)=CC2CN(C)N=C12. The summed E-state index contributed by atoms with van der Waals surface area (Å²) in [7, 11) is 3.45. The van der Waals surface area contributed by atoms with Gasteiger partial charge >= 0.3 is 12.1 Å². The third kappa shape index (κ3) is 5.24. The van der Waals surface area contributed by atoms with Crippen molar-refractivity contribution in [2.75, 3.05) is 50.1 Å². The number of fused-ring (bicyclic) bond motifs is 2. The van der Waals surface area contributed by atoms with Crippen LogP contribution in [0.2, 0.25) is 0 Å². The van der Waals surface area contributed by atoms with Crippen LogP contribution in [-0.2, 0) is 15.9 Å². The number of methoxy groups -OCH3 is 1. The van der Waals surface area contributed by atoms with E-state index in [2.05, 4.69) is 25.3 Å². The van der Waals surface area contributed by atoms with Gasteiger partial charge in [0.2, 0.25) is 5.90 Å². The first-order chi connectivity index (χ1) is 18.4. The lowest BCUT2D eigenvalue weighted by Gasteiger charge is -2.45. The summed E-state index contributed by atoms with van der Waals surface area (Å²) in [5.41, 5.74) is 2.30. The Balaban J connectivity index is 1.30.